The number of hydrazine groups is 1. The number of methoxy groups -OCH3 is 1. The first-order chi connectivity index (χ1) is 12.0. The monoisotopic (exact) mass is 374 g/mol. The molecule has 128 valence electrons. The van der Waals surface area contributed by atoms with Crippen molar-refractivity contribution in [3.8, 4) is 5.75 Å². The van der Waals surface area contributed by atoms with Gasteiger partial charge in [-0.05, 0) is 37.3 Å². The second kappa shape index (κ2) is 7.13. The lowest BCUT2D eigenvalue weighted by Crippen LogP contribution is -2.41. The highest BCUT2D eigenvalue weighted by atomic mass is 35.5. The minimum atomic E-state index is -0.467. The van der Waals surface area contributed by atoms with Gasteiger partial charge in [0.1, 0.15) is 10.6 Å². The third-order valence-electron chi connectivity index (χ3n) is 3.61. The second-order valence-electron chi connectivity index (χ2n) is 5.38. The molecular weight excluding hydrogens is 360 g/mol. The minimum Gasteiger partial charge on any atom is -0.497 e. The number of thiophene rings is 1. The van der Waals surface area contributed by atoms with Gasteiger partial charge in [0.15, 0.2) is 0 Å². The molecule has 1 heterocycles. The highest BCUT2D eigenvalue weighted by molar-refractivity contribution is 7.21. The number of hydrogen-bond acceptors (Lipinski definition) is 4. The molecule has 0 saturated carbocycles. The highest BCUT2D eigenvalue weighted by Gasteiger charge is 2.18. The Balaban J connectivity index is 1.76. The van der Waals surface area contributed by atoms with Crippen LogP contribution in [0.1, 0.15) is 25.6 Å². The van der Waals surface area contributed by atoms with Crippen LogP contribution in [0.25, 0.3) is 10.1 Å². The molecule has 0 aliphatic carbocycles. The molecule has 0 radical (unpaired) electrons. The molecule has 1 aromatic heterocycles. The van der Waals surface area contributed by atoms with Crippen LogP contribution < -0.4 is 15.6 Å². The minimum absolute atomic E-state index is 0.328. The van der Waals surface area contributed by atoms with E-state index in [0.717, 1.165) is 15.6 Å². The maximum atomic E-state index is 12.4. The topological polar surface area (TPSA) is 67.4 Å². The molecule has 2 N–H and O–H groups in total. The van der Waals surface area contributed by atoms with E-state index in [-0.39, 0.29) is 0 Å². The zero-order valence-corrected chi connectivity index (χ0v) is 15.1. The molecule has 3 rings (SSSR count). The zero-order chi connectivity index (χ0) is 18.0. The van der Waals surface area contributed by atoms with Crippen LogP contribution in [0.3, 0.4) is 0 Å². The first kappa shape index (κ1) is 17.3. The number of carbonyl (C=O) groups excluding carboxylic acids is 2. The van der Waals surface area contributed by atoms with Crippen LogP contribution in [0.2, 0.25) is 5.02 Å². The molecule has 5 nitrogen and oxygen atoms in total. The van der Waals surface area contributed by atoms with Crippen LogP contribution in [-0.2, 0) is 0 Å². The average Bonchev–Trinajstić information content (AvgIpc) is 2.95. The SMILES string of the molecule is COc1ccc2c(Cl)c(C(=O)NNC(=O)c3cccc(C)c3)sc2c1. The third kappa shape index (κ3) is 3.60. The summed E-state index contributed by atoms with van der Waals surface area (Å²) in [4.78, 5) is 24.8. The molecule has 0 spiro atoms. The fraction of sp³-hybridized carbons (Fsp3) is 0.111. The van der Waals surface area contributed by atoms with E-state index in [1.165, 1.54) is 11.3 Å². The van der Waals surface area contributed by atoms with Crippen LogP contribution in [0.5, 0.6) is 5.75 Å². The van der Waals surface area contributed by atoms with Gasteiger partial charge in [0.2, 0.25) is 0 Å². The number of hydrogen-bond donors (Lipinski definition) is 2. The predicted octanol–water partition coefficient (Wildman–Crippen LogP) is 3.95. The Morgan fingerprint density at radius 2 is 1.84 bits per heavy atom. The molecule has 0 bridgehead atoms. The van der Waals surface area contributed by atoms with Crippen molar-refractivity contribution in [1.82, 2.24) is 10.9 Å². The van der Waals surface area contributed by atoms with Gasteiger partial charge in [-0.1, -0.05) is 29.3 Å². The zero-order valence-electron chi connectivity index (χ0n) is 13.6. The normalized spacial score (nSPS) is 10.5. The van der Waals surface area contributed by atoms with Crippen molar-refractivity contribution < 1.29 is 14.3 Å². The van der Waals surface area contributed by atoms with E-state index in [1.807, 2.05) is 19.1 Å². The average molecular weight is 375 g/mol. The second-order valence-corrected chi connectivity index (χ2v) is 6.82. The molecule has 0 fully saturated rings. The lowest BCUT2D eigenvalue weighted by Gasteiger charge is -2.07. The molecule has 2 amide bonds. The number of benzene rings is 2. The first-order valence-corrected chi connectivity index (χ1v) is 8.62. The van der Waals surface area contributed by atoms with Crippen molar-refractivity contribution in [2.24, 2.45) is 0 Å². The van der Waals surface area contributed by atoms with E-state index in [2.05, 4.69) is 10.9 Å². The van der Waals surface area contributed by atoms with Crippen molar-refractivity contribution in [2.45, 2.75) is 6.92 Å². The van der Waals surface area contributed by atoms with E-state index >= 15 is 0 Å². The van der Waals surface area contributed by atoms with Gasteiger partial charge in [-0.15, -0.1) is 11.3 Å². The number of halogens is 1. The van der Waals surface area contributed by atoms with Crippen molar-refractivity contribution in [3.05, 3.63) is 63.5 Å². The van der Waals surface area contributed by atoms with Crippen LogP contribution in [0.15, 0.2) is 42.5 Å². The van der Waals surface area contributed by atoms with Gasteiger partial charge >= 0.3 is 0 Å². The molecule has 25 heavy (non-hydrogen) atoms. The van der Waals surface area contributed by atoms with Gasteiger partial charge in [-0.2, -0.15) is 0 Å². The fourth-order valence-corrected chi connectivity index (χ4v) is 3.79. The van der Waals surface area contributed by atoms with Crippen LogP contribution >= 0.6 is 22.9 Å². The Labute approximate surface area is 153 Å². The largest absolute Gasteiger partial charge is 0.497 e. The van der Waals surface area contributed by atoms with E-state index < -0.39 is 11.8 Å². The number of aryl methyl sites for hydroxylation is 1. The summed E-state index contributed by atoms with van der Waals surface area (Å²) in [7, 11) is 1.57. The number of nitrogens with one attached hydrogen (secondary N) is 2. The summed E-state index contributed by atoms with van der Waals surface area (Å²) in [5.41, 5.74) is 6.23. The van der Waals surface area contributed by atoms with E-state index in [4.69, 9.17) is 16.3 Å². The summed E-state index contributed by atoms with van der Waals surface area (Å²) < 4.78 is 6.01. The van der Waals surface area contributed by atoms with Crippen molar-refractivity contribution in [1.29, 1.82) is 0 Å². The number of rotatable bonds is 3. The Bertz CT molecular complexity index is 968. The van der Waals surface area contributed by atoms with Crippen molar-refractivity contribution >= 4 is 44.8 Å². The Morgan fingerprint density at radius 3 is 2.56 bits per heavy atom. The molecule has 3 aromatic rings. The van der Waals surface area contributed by atoms with E-state index in [9.17, 15) is 9.59 Å². The highest BCUT2D eigenvalue weighted by Crippen LogP contribution is 2.37. The summed E-state index contributed by atoms with van der Waals surface area (Å²) in [6.07, 6.45) is 0. The third-order valence-corrected chi connectivity index (χ3v) is 5.27. The molecule has 0 aliphatic rings. The summed E-state index contributed by atoms with van der Waals surface area (Å²) in [5, 5.41) is 1.12. The molecule has 0 saturated heterocycles. The molecule has 2 aromatic carbocycles. The summed E-state index contributed by atoms with van der Waals surface area (Å²) in [5.74, 6) is -0.174. The summed E-state index contributed by atoms with van der Waals surface area (Å²) in [6.45, 7) is 1.89. The van der Waals surface area contributed by atoms with Gasteiger partial charge in [0.05, 0.1) is 12.1 Å². The smallest absolute Gasteiger partial charge is 0.281 e. The Hall–Kier alpha value is -2.57. The number of ether oxygens (including phenoxy) is 1. The first-order valence-electron chi connectivity index (χ1n) is 7.43. The summed E-state index contributed by atoms with van der Waals surface area (Å²) >= 11 is 7.53. The van der Waals surface area contributed by atoms with Gasteiger partial charge in [-0.25, -0.2) is 0 Å². The van der Waals surface area contributed by atoms with Crippen LogP contribution in [0, 0.1) is 6.92 Å². The quantitative estimate of drug-likeness (QED) is 0.682. The van der Waals surface area contributed by atoms with Crippen molar-refractivity contribution in [2.75, 3.05) is 7.11 Å². The molecular formula is C18H15ClN2O3S. The molecule has 0 unspecified atom stereocenters. The van der Waals surface area contributed by atoms with Gasteiger partial charge < -0.3 is 4.74 Å². The van der Waals surface area contributed by atoms with E-state index in [0.29, 0.717) is 21.2 Å². The number of fused-ring (bicyclic) bond motifs is 1. The standard InChI is InChI=1S/C18H15ClN2O3S/c1-10-4-3-5-11(8-10)17(22)20-21-18(23)16-15(19)13-7-6-12(24-2)9-14(13)25-16/h3-9H,1-2H3,(H,20,22)(H,21,23). The summed E-state index contributed by atoms with van der Waals surface area (Å²) in [6, 6.07) is 12.5. The number of carbonyl (C=O) groups is 2. The van der Waals surface area contributed by atoms with Gasteiger partial charge in [-0.3, -0.25) is 20.4 Å². The molecule has 0 atom stereocenters. The Morgan fingerprint density at radius 1 is 1.08 bits per heavy atom. The Kier molecular flexibility index (Phi) is 4.92. The predicted molar refractivity (Wildman–Crippen MR) is 99.5 cm³/mol. The molecule has 0 aliphatic heterocycles. The van der Waals surface area contributed by atoms with Crippen LogP contribution in [-0.4, -0.2) is 18.9 Å². The lowest BCUT2D eigenvalue weighted by molar-refractivity contribution is 0.0849. The lowest BCUT2D eigenvalue weighted by atomic mass is 10.1. The van der Waals surface area contributed by atoms with Gasteiger partial charge in [0, 0.05) is 15.6 Å². The maximum absolute atomic E-state index is 12.4. The maximum Gasteiger partial charge on any atom is 0.281 e. The van der Waals surface area contributed by atoms with E-state index in [1.54, 1.807) is 37.4 Å². The van der Waals surface area contributed by atoms with Gasteiger partial charge in [0.25, 0.3) is 11.8 Å². The number of amides is 2. The van der Waals surface area contributed by atoms with Crippen LogP contribution in [0.4, 0.5) is 0 Å². The van der Waals surface area contributed by atoms with Crippen molar-refractivity contribution in [3.63, 3.8) is 0 Å². The molecule has 7 heteroatoms. The fourth-order valence-electron chi connectivity index (χ4n) is 2.35.